The number of aldehydes is 1. The van der Waals surface area contributed by atoms with Gasteiger partial charge in [-0.2, -0.15) is 0 Å². The Morgan fingerprint density at radius 3 is 3.00 bits per heavy atom. The van der Waals surface area contributed by atoms with E-state index < -0.39 is 0 Å². The molecule has 0 fully saturated rings. The van der Waals surface area contributed by atoms with Crippen molar-refractivity contribution in [3.05, 3.63) is 30.4 Å². The number of nitrogens with one attached hydrogen (secondary N) is 1. The minimum Gasteiger partial charge on any atom is -0.452 e. The minimum atomic E-state index is 0.319. The van der Waals surface area contributed by atoms with Crippen LogP contribution in [-0.2, 0) is 0 Å². The van der Waals surface area contributed by atoms with Crippen LogP contribution in [-0.4, -0.2) is 16.3 Å². The Hall–Kier alpha value is -1.84. The first kappa shape index (κ1) is 6.84. The Morgan fingerprint density at radius 1 is 1.50 bits per heavy atom. The van der Waals surface area contributed by atoms with Crippen molar-refractivity contribution in [3.63, 3.8) is 0 Å². The molecule has 0 atom stereocenters. The first-order valence-corrected chi connectivity index (χ1v) is 3.44. The maximum Gasteiger partial charge on any atom is 0.185 e. The third-order valence-electron chi connectivity index (χ3n) is 1.51. The van der Waals surface area contributed by atoms with Crippen LogP contribution in [0.2, 0.25) is 0 Å². The second kappa shape index (κ2) is 2.65. The van der Waals surface area contributed by atoms with Gasteiger partial charge in [0.2, 0.25) is 0 Å². The molecule has 2 heterocycles. The molecule has 60 valence electrons. The molecule has 4 heteroatoms. The number of rotatable bonds is 2. The van der Waals surface area contributed by atoms with Gasteiger partial charge in [-0.3, -0.25) is 4.79 Å². The van der Waals surface area contributed by atoms with E-state index in [2.05, 4.69) is 9.97 Å². The first-order valence-electron chi connectivity index (χ1n) is 3.44. The molecule has 0 saturated heterocycles. The number of hydrogen-bond donors (Lipinski definition) is 1. The van der Waals surface area contributed by atoms with E-state index in [1.54, 1.807) is 24.7 Å². The van der Waals surface area contributed by atoms with E-state index in [4.69, 9.17) is 4.42 Å². The second-order valence-electron chi connectivity index (χ2n) is 2.29. The first-order chi connectivity index (χ1) is 5.90. The number of hydrogen-bond acceptors (Lipinski definition) is 3. The van der Waals surface area contributed by atoms with E-state index in [1.807, 2.05) is 0 Å². The fraction of sp³-hybridized carbons (Fsp3) is 0. The van der Waals surface area contributed by atoms with Gasteiger partial charge in [0.05, 0.1) is 12.5 Å². The van der Waals surface area contributed by atoms with Gasteiger partial charge in [0, 0.05) is 0 Å². The molecule has 0 aromatic carbocycles. The van der Waals surface area contributed by atoms with Crippen molar-refractivity contribution in [2.75, 3.05) is 0 Å². The second-order valence-corrected chi connectivity index (χ2v) is 2.29. The highest BCUT2D eigenvalue weighted by Crippen LogP contribution is 2.17. The van der Waals surface area contributed by atoms with Crippen LogP contribution in [0.5, 0.6) is 0 Å². The molecule has 0 spiro atoms. The summed E-state index contributed by atoms with van der Waals surface area (Å²) in [4.78, 5) is 17.0. The predicted molar refractivity (Wildman–Crippen MR) is 41.7 cm³/mol. The molecule has 0 aliphatic rings. The molecule has 2 rings (SSSR count). The zero-order valence-corrected chi connectivity index (χ0v) is 6.15. The Bertz CT molecular complexity index is 375. The SMILES string of the molecule is O=Cc1ccc(-c2cnc[nH]2)o1. The van der Waals surface area contributed by atoms with E-state index >= 15 is 0 Å². The minimum absolute atomic E-state index is 0.319. The van der Waals surface area contributed by atoms with Crippen molar-refractivity contribution < 1.29 is 9.21 Å². The highest BCUT2D eigenvalue weighted by atomic mass is 16.3. The van der Waals surface area contributed by atoms with E-state index in [1.165, 1.54) is 0 Å². The van der Waals surface area contributed by atoms with Gasteiger partial charge >= 0.3 is 0 Å². The number of carbonyl (C=O) groups is 1. The number of carbonyl (C=O) groups excluding carboxylic acids is 1. The number of H-pyrrole nitrogens is 1. The third-order valence-corrected chi connectivity index (χ3v) is 1.51. The molecule has 2 aromatic rings. The summed E-state index contributed by atoms with van der Waals surface area (Å²) in [5.41, 5.74) is 0.767. The number of aromatic amines is 1. The standard InChI is InChI=1S/C8H6N2O2/c11-4-6-1-2-8(12-6)7-3-9-5-10-7/h1-5H,(H,9,10). The van der Waals surface area contributed by atoms with Crippen LogP contribution in [0.4, 0.5) is 0 Å². The van der Waals surface area contributed by atoms with Crippen LogP contribution in [0.3, 0.4) is 0 Å². The quantitative estimate of drug-likeness (QED) is 0.680. The summed E-state index contributed by atoms with van der Waals surface area (Å²) in [5.74, 6) is 0.939. The van der Waals surface area contributed by atoms with Gasteiger partial charge in [-0.05, 0) is 12.1 Å². The predicted octanol–water partition coefficient (Wildman–Crippen LogP) is 1.48. The Balaban J connectivity index is 2.41. The smallest absolute Gasteiger partial charge is 0.185 e. The van der Waals surface area contributed by atoms with Gasteiger partial charge < -0.3 is 9.40 Å². The molecule has 0 unspecified atom stereocenters. The monoisotopic (exact) mass is 162 g/mol. The van der Waals surface area contributed by atoms with E-state index in [0.717, 1.165) is 5.69 Å². The van der Waals surface area contributed by atoms with Crippen molar-refractivity contribution in [3.8, 4) is 11.5 Å². The van der Waals surface area contributed by atoms with Crippen LogP contribution in [0.25, 0.3) is 11.5 Å². The Kier molecular flexibility index (Phi) is 1.51. The maximum atomic E-state index is 10.3. The normalized spacial score (nSPS) is 10.0. The molecule has 2 aromatic heterocycles. The third kappa shape index (κ3) is 1.03. The van der Waals surface area contributed by atoms with E-state index in [9.17, 15) is 4.79 Å². The molecule has 0 aliphatic carbocycles. The molecule has 0 bridgehead atoms. The molecular weight excluding hydrogens is 156 g/mol. The molecule has 0 aliphatic heterocycles. The lowest BCUT2D eigenvalue weighted by Gasteiger charge is -1.86. The Labute approximate surface area is 68.2 Å². The average molecular weight is 162 g/mol. The summed E-state index contributed by atoms with van der Waals surface area (Å²) in [5, 5.41) is 0. The topological polar surface area (TPSA) is 58.9 Å². The molecule has 12 heavy (non-hydrogen) atoms. The lowest BCUT2D eigenvalue weighted by atomic mass is 10.3. The van der Waals surface area contributed by atoms with Crippen molar-refractivity contribution in [2.45, 2.75) is 0 Å². The molecule has 1 N–H and O–H groups in total. The maximum absolute atomic E-state index is 10.3. The molecule has 4 nitrogen and oxygen atoms in total. The zero-order valence-electron chi connectivity index (χ0n) is 6.15. The summed E-state index contributed by atoms with van der Waals surface area (Å²) in [6.07, 6.45) is 3.85. The van der Waals surface area contributed by atoms with Crippen LogP contribution in [0.1, 0.15) is 10.6 Å². The highest BCUT2D eigenvalue weighted by Gasteiger charge is 2.03. The molecule has 0 amide bonds. The number of nitrogens with zero attached hydrogens (tertiary/aromatic N) is 1. The number of aromatic nitrogens is 2. The molecular formula is C8H6N2O2. The lowest BCUT2D eigenvalue weighted by molar-refractivity contribution is 0.110. The van der Waals surface area contributed by atoms with Gasteiger partial charge in [0.25, 0.3) is 0 Å². The van der Waals surface area contributed by atoms with E-state index in [-0.39, 0.29) is 0 Å². The lowest BCUT2D eigenvalue weighted by Crippen LogP contribution is -1.71. The largest absolute Gasteiger partial charge is 0.452 e. The van der Waals surface area contributed by atoms with Crippen LogP contribution in [0.15, 0.2) is 29.1 Å². The molecule has 0 saturated carbocycles. The fourth-order valence-corrected chi connectivity index (χ4v) is 0.952. The summed E-state index contributed by atoms with van der Waals surface area (Å²) >= 11 is 0. The van der Waals surface area contributed by atoms with Crippen molar-refractivity contribution >= 4 is 6.29 Å². The summed E-state index contributed by atoms with van der Waals surface area (Å²) in [6.45, 7) is 0. The molecule has 0 radical (unpaired) electrons. The summed E-state index contributed by atoms with van der Waals surface area (Å²) in [7, 11) is 0. The van der Waals surface area contributed by atoms with Crippen molar-refractivity contribution in [1.29, 1.82) is 0 Å². The summed E-state index contributed by atoms with van der Waals surface area (Å²) in [6, 6.07) is 3.33. The Morgan fingerprint density at radius 2 is 2.42 bits per heavy atom. The fourth-order valence-electron chi connectivity index (χ4n) is 0.952. The van der Waals surface area contributed by atoms with Gasteiger partial charge in [-0.1, -0.05) is 0 Å². The van der Waals surface area contributed by atoms with Gasteiger partial charge in [-0.25, -0.2) is 4.98 Å². The zero-order chi connectivity index (χ0) is 8.39. The van der Waals surface area contributed by atoms with Crippen LogP contribution >= 0.6 is 0 Å². The van der Waals surface area contributed by atoms with Gasteiger partial charge in [-0.15, -0.1) is 0 Å². The highest BCUT2D eigenvalue weighted by molar-refractivity contribution is 5.72. The van der Waals surface area contributed by atoms with Crippen LogP contribution < -0.4 is 0 Å². The summed E-state index contributed by atoms with van der Waals surface area (Å²) < 4.78 is 5.14. The van der Waals surface area contributed by atoms with E-state index in [0.29, 0.717) is 17.8 Å². The van der Waals surface area contributed by atoms with Crippen molar-refractivity contribution in [2.24, 2.45) is 0 Å². The number of furan rings is 1. The van der Waals surface area contributed by atoms with Crippen molar-refractivity contribution in [1.82, 2.24) is 9.97 Å². The number of imidazole rings is 1. The van der Waals surface area contributed by atoms with Gasteiger partial charge in [0.1, 0.15) is 5.69 Å². The van der Waals surface area contributed by atoms with Crippen LogP contribution in [0, 0.1) is 0 Å². The van der Waals surface area contributed by atoms with Gasteiger partial charge in [0.15, 0.2) is 17.8 Å². The average Bonchev–Trinajstić information content (AvgIpc) is 2.75.